The molecule has 23 heavy (non-hydrogen) atoms. The van der Waals surface area contributed by atoms with Gasteiger partial charge in [-0.15, -0.1) is 0 Å². The SMILES string of the molecule is Cc1cc(=O)n(C)c(=O)n1CCCn1c(C)cc(=O)n(C)c1=O. The minimum Gasteiger partial charge on any atom is -0.298 e. The molecule has 0 atom stereocenters. The zero-order valence-electron chi connectivity index (χ0n) is 13.7. The minimum absolute atomic E-state index is 0.339. The summed E-state index contributed by atoms with van der Waals surface area (Å²) in [5, 5.41) is 0. The van der Waals surface area contributed by atoms with E-state index in [2.05, 4.69) is 0 Å². The van der Waals surface area contributed by atoms with Crippen LogP contribution in [0.3, 0.4) is 0 Å². The van der Waals surface area contributed by atoms with Gasteiger partial charge in [0, 0.05) is 50.7 Å². The molecule has 2 heterocycles. The van der Waals surface area contributed by atoms with Crippen molar-refractivity contribution in [1.82, 2.24) is 18.3 Å². The second kappa shape index (κ2) is 6.23. The van der Waals surface area contributed by atoms with Crippen LogP contribution < -0.4 is 22.5 Å². The molecule has 0 N–H and O–H groups in total. The first kappa shape index (κ1) is 16.7. The Labute approximate surface area is 131 Å². The molecule has 0 saturated heterocycles. The number of aromatic nitrogens is 4. The van der Waals surface area contributed by atoms with Crippen molar-refractivity contribution in [3.8, 4) is 0 Å². The van der Waals surface area contributed by atoms with Crippen molar-refractivity contribution >= 4 is 0 Å². The monoisotopic (exact) mass is 320 g/mol. The highest BCUT2D eigenvalue weighted by Gasteiger charge is 2.08. The second-order valence-electron chi connectivity index (χ2n) is 5.59. The Morgan fingerprint density at radius 3 is 1.43 bits per heavy atom. The van der Waals surface area contributed by atoms with Gasteiger partial charge in [0.2, 0.25) is 0 Å². The minimum atomic E-state index is -0.375. The molecule has 0 spiro atoms. The third-order valence-electron chi connectivity index (χ3n) is 3.98. The van der Waals surface area contributed by atoms with E-state index in [-0.39, 0.29) is 22.5 Å². The van der Waals surface area contributed by atoms with Gasteiger partial charge < -0.3 is 0 Å². The zero-order valence-corrected chi connectivity index (χ0v) is 13.7. The summed E-state index contributed by atoms with van der Waals surface area (Å²) in [5.41, 5.74) is -0.257. The Morgan fingerprint density at radius 1 is 0.739 bits per heavy atom. The van der Waals surface area contributed by atoms with Crippen LogP contribution in [-0.4, -0.2) is 18.3 Å². The van der Waals surface area contributed by atoms with Gasteiger partial charge in [0.05, 0.1) is 0 Å². The van der Waals surface area contributed by atoms with Gasteiger partial charge in [0.25, 0.3) is 11.1 Å². The smallest absolute Gasteiger partial charge is 0.298 e. The number of hydrogen-bond donors (Lipinski definition) is 0. The summed E-state index contributed by atoms with van der Waals surface area (Å²) in [6.45, 7) is 4.17. The standard InChI is InChI=1S/C15H20N4O4/c1-10-8-12(20)16(3)14(22)18(10)6-5-7-19-11(2)9-13(21)17(4)15(19)23/h8-9H,5-7H2,1-4H3. The van der Waals surface area contributed by atoms with Gasteiger partial charge in [0.15, 0.2) is 0 Å². The van der Waals surface area contributed by atoms with Gasteiger partial charge in [-0.2, -0.15) is 0 Å². The van der Waals surface area contributed by atoms with Crippen LogP contribution in [-0.2, 0) is 27.2 Å². The van der Waals surface area contributed by atoms with E-state index in [4.69, 9.17) is 0 Å². The van der Waals surface area contributed by atoms with Crippen molar-refractivity contribution in [2.75, 3.05) is 0 Å². The molecule has 8 heteroatoms. The molecule has 0 aliphatic heterocycles. The first-order valence-electron chi connectivity index (χ1n) is 7.29. The van der Waals surface area contributed by atoms with Crippen molar-refractivity contribution in [2.24, 2.45) is 14.1 Å². The van der Waals surface area contributed by atoms with E-state index in [1.54, 1.807) is 13.8 Å². The topological polar surface area (TPSA) is 88.0 Å². The fraction of sp³-hybridized carbons (Fsp3) is 0.467. The Bertz CT molecular complexity index is 895. The molecule has 124 valence electrons. The Kier molecular flexibility index (Phi) is 4.53. The normalized spacial score (nSPS) is 11.0. The fourth-order valence-electron chi connectivity index (χ4n) is 2.49. The maximum Gasteiger partial charge on any atom is 0.330 e. The van der Waals surface area contributed by atoms with Crippen molar-refractivity contribution in [3.05, 3.63) is 65.2 Å². The van der Waals surface area contributed by atoms with Crippen molar-refractivity contribution in [1.29, 1.82) is 0 Å². The summed E-state index contributed by atoms with van der Waals surface area (Å²) in [5.74, 6) is 0. The van der Waals surface area contributed by atoms with Gasteiger partial charge >= 0.3 is 11.4 Å². The first-order chi connectivity index (χ1) is 10.7. The maximum absolute atomic E-state index is 12.1. The first-order valence-corrected chi connectivity index (χ1v) is 7.29. The summed E-state index contributed by atoms with van der Waals surface area (Å²) < 4.78 is 5.11. The van der Waals surface area contributed by atoms with E-state index in [9.17, 15) is 19.2 Å². The zero-order chi connectivity index (χ0) is 17.3. The van der Waals surface area contributed by atoms with Crippen molar-refractivity contribution < 1.29 is 0 Å². The van der Waals surface area contributed by atoms with Crippen LogP contribution in [0.4, 0.5) is 0 Å². The summed E-state index contributed by atoms with van der Waals surface area (Å²) in [6.07, 6.45) is 0.526. The van der Waals surface area contributed by atoms with Crippen LogP contribution in [0.1, 0.15) is 17.8 Å². The van der Waals surface area contributed by atoms with E-state index < -0.39 is 0 Å². The Hall–Kier alpha value is -2.64. The lowest BCUT2D eigenvalue weighted by atomic mass is 10.3. The molecule has 0 amide bonds. The Balaban J connectivity index is 2.26. The van der Waals surface area contributed by atoms with E-state index >= 15 is 0 Å². The summed E-state index contributed by atoms with van der Waals surface area (Å²) in [7, 11) is 2.87. The van der Waals surface area contributed by atoms with Gasteiger partial charge in [-0.25, -0.2) is 9.59 Å². The lowest BCUT2D eigenvalue weighted by molar-refractivity contribution is 0.492. The van der Waals surface area contributed by atoms with Crippen LogP contribution in [0.2, 0.25) is 0 Å². The van der Waals surface area contributed by atoms with Crippen LogP contribution >= 0.6 is 0 Å². The molecular formula is C15H20N4O4. The van der Waals surface area contributed by atoms with Crippen LogP contribution in [0.15, 0.2) is 31.3 Å². The van der Waals surface area contributed by atoms with Crippen molar-refractivity contribution in [3.63, 3.8) is 0 Å². The molecule has 0 fully saturated rings. The van der Waals surface area contributed by atoms with Crippen LogP contribution in [0.5, 0.6) is 0 Å². The summed E-state index contributed by atoms with van der Waals surface area (Å²) >= 11 is 0. The van der Waals surface area contributed by atoms with Gasteiger partial charge in [0.1, 0.15) is 0 Å². The largest absolute Gasteiger partial charge is 0.330 e. The van der Waals surface area contributed by atoms with E-state index in [1.807, 2.05) is 0 Å². The molecule has 0 saturated carbocycles. The van der Waals surface area contributed by atoms with Crippen molar-refractivity contribution in [2.45, 2.75) is 33.4 Å². The molecule has 2 rings (SSSR count). The molecule has 0 aliphatic rings. The maximum atomic E-state index is 12.1. The fourth-order valence-corrected chi connectivity index (χ4v) is 2.49. The second-order valence-corrected chi connectivity index (χ2v) is 5.59. The van der Waals surface area contributed by atoms with Gasteiger partial charge in [-0.3, -0.25) is 27.9 Å². The predicted octanol–water partition coefficient (Wildman–Crippen LogP) is -0.885. The van der Waals surface area contributed by atoms with E-state index in [0.29, 0.717) is 30.9 Å². The number of hydrogen-bond acceptors (Lipinski definition) is 4. The predicted molar refractivity (Wildman–Crippen MR) is 86.0 cm³/mol. The average Bonchev–Trinajstić information content (AvgIpc) is 2.49. The molecule has 0 bridgehead atoms. The molecule has 0 unspecified atom stereocenters. The molecular weight excluding hydrogens is 300 g/mol. The lowest BCUT2D eigenvalue weighted by Crippen LogP contribution is -2.40. The molecule has 8 nitrogen and oxygen atoms in total. The molecule has 2 aromatic rings. The highest BCUT2D eigenvalue weighted by Crippen LogP contribution is 1.97. The average molecular weight is 320 g/mol. The molecule has 0 aromatic carbocycles. The van der Waals surface area contributed by atoms with Gasteiger partial charge in [-0.1, -0.05) is 0 Å². The highest BCUT2D eigenvalue weighted by atomic mass is 16.2. The quantitative estimate of drug-likeness (QED) is 0.731. The van der Waals surface area contributed by atoms with E-state index in [0.717, 1.165) is 9.13 Å². The highest BCUT2D eigenvalue weighted by molar-refractivity contribution is 5.01. The Morgan fingerprint density at radius 2 is 1.09 bits per heavy atom. The molecule has 2 aromatic heterocycles. The molecule has 0 aliphatic carbocycles. The number of nitrogens with zero attached hydrogens (tertiary/aromatic N) is 4. The van der Waals surface area contributed by atoms with Crippen LogP contribution in [0.25, 0.3) is 0 Å². The summed E-state index contributed by atoms with van der Waals surface area (Å²) in [6, 6.07) is 2.82. The molecule has 0 radical (unpaired) electrons. The van der Waals surface area contributed by atoms with E-state index in [1.165, 1.54) is 35.4 Å². The summed E-state index contributed by atoms with van der Waals surface area (Å²) in [4.78, 5) is 47.3. The number of aryl methyl sites for hydroxylation is 2. The van der Waals surface area contributed by atoms with Crippen LogP contribution in [0, 0.1) is 13.8 Å². The lowest BCUT2D eigenvalue weighted by Gasteiger charge is -2.13. The van der Waals surface area contributed by atoms with Gasteiger partial charge in [-0.05, 0) is 20.3 Å². The number of rotatable bonds is 4. The third kappa shape index (κ3) is 3.10. The third-order valence-corrected chi connectivity index (χ3v) is 3.98.